The van der Waals surface area contributed by atoms with Crippen molar-refractivity contribution in [3.05, 3.63) is 23.8 Å². The minimum absolute atomic E-state index is 0.184. The predicted molar refractivity (Wildman–Crippen MR) is 103 cm³/mol. The van der Waals surface area contributed by atoms with E-state index in [2.05, 4.69) is 20.4 Å². The number of hydrogen-bond acceptors (Lipinski definition) is 7. The average Bonchev–Trinajstić information content (AvgIpc) is 2.69. The minimum atomic E-state index is -1.48. The largest absolute Gasteiger partial charge is 0.478 e. The zero-order valence-electron chi connectivity index (χ0n) is 16.9. The Bertz CT molecular complexity index is 674. The molecule has 2 aliphatic carbocycles. The van der Waals surface area contributed by atoms with Crippen LogP contribution in [0.15, 0.2) is 23.8 Å². The molecule has 0 aromatic rings. The van der Waals surface area contributed by atoms with Gasteiger partial charge in [-0.15, -0.1) is 0 Å². The summed E-state index contributed by atoms with van der Waals surface area (Å²) >= 11 is 0. The zero-order valence-corrected chi connectivity index (χ0v) is 16.9. The Morgan fingerprint density at radius 1 is 1.24 bits per heavy atom. The second kappa shape index (κ2) is 8.45. The molecule has 3 rings (SSSR count). The van der Waals surface area contributed by atoms with E-state index in [1.165, 1.54) is 0 Å². The molecule has 5 N–H and O–H groups in total. The van der Waals surface area contributed by atoms with Gasteiger partial charge in [0.05, 0.1) is 12.7 Å². The topological polar surface area (TPSA) is 137 Å². The van der Waals surface area contributed by atoms with Gasteiger partial charge in [-0.2, -0.15) is 0 Å². The lowest BCUT2D eigenvalue weighted by Gasteiger charge is -2.51. The molecule has 1 saturated carbocycles. The molecule has 8 heteroatoms. The standard InChI is InChI=1S/C21H32O8/c1-10-4-5-15(29-20-18(25)17(24)16(23)14(9-22)28-20)21(3)7-6-12(8-13(10)21)11(2)19(26)27/h8,10,12,14-18,20,22-25H,2,4-7,9H2,1,3H3,(H,26,27). The van der Waals surface area contributed by atoms with Gasteiger partial charge >= 0.3 is 5.97 Å². The lowest BCUT2D eigenvalue weighted by molar-refractivity contribution is -0.320. The zero-order chi connectivity index (χ0) is 21.5. The van der Waals surface area contributed by atoms with Gasteiger partial charge in [-0.3, -0.25) is 0 Å². The van der Waals surface area contributed by atoms with E-state index in [0.717, 1.165) is 12.0 Å². The Balaban J connectivity index is 1.82. The number of carboxylic acids is 1. The van der Waals surface area contributed by atoms with Crippen molar-refractivity contribution in [2.45, 2.75) is 76.3 Å². The maximum Gasteiger partial charge on any atom is 0.331 e. The number of ether oxygens (including phenoxy) is 2. The summed E-state index contributed by atoms with van der Waals surface area (Å²) in [6.07, 6.45) is -1.97. The number of rotatable bonds is 5. The van der Waals surface area contributed by atoms with E-state index < -0.39 is 43.3 Å². The fraction of sp³-hybridized carbons (Fsp3) is 0.762. The Morgan fingerprint density at radius 2 is 1.93 bits per heavy atom. The summed E-state index contributed by atoms with van der Waals surface area (Å²) in [6.45, 7) is 7.39. The molecule has 0 radical (unpaired) electrons. The Labute approximate surface area is 170 Å². The van der Waals surface area contributed by atoms with Crippen molar-refractivity contribution in [3.63, 3.8) is 0 Å². The van der Waals surface area contributed by atoms with E-state index >= 15 is 0 Å². The summed E-state index contributed by atoms with van der Waals surface area (Å²) in [5.41, 5.74) is 0.937. The molecular formula is C21H32O8. The molecule has 0 amide bonds. The molecule has 9 unspecified atom stereocenters. The van der Waals surface area contributed by atoms with Gasteiger partial charge in [0.2, 0.25) is 0 Å². The maximum atomic E-state index is 11.3. The van der Waals surface area contributed by atoms with E-state index in [-0.39, 0.29) is 28.9 Å². The number of carboxylic acid groups (broad SMARTS) is 1. The molecule has 0 spiro atoms. The quantitative estimate of drug-likeness (QED) is 0.327. The molecule has 9 atom stereocenters. The molecule has 1 aliphatic heterocycles. The van der Waals surface area contributed by atoms with Gasteiger partial charge in [0.25, 0.3) is 0 Å². The number of aliphatic hydroxyl groups is 4. The van der Waals surface area contributed by atoms with Crippen molar-refractivity contribution in [3.8, 4) is 0 Å². The SMILES string of the molecule is C=C(C(=O)O)C1C=C2C(C)CCC(OC3OC(CO)C(O)C(O)C3O)C2(C)CC1. The van der Waals surface area contributed by atoms with Crippen molar-refractivity contribution < 1.29 is 39.8 Å². The Hall–Kier alpha value is -1.29. The highest BCUT2D eigenvalue weighted by molar-refractivity contribution is 5.86. The molecule has 1 heterocycles. The Kier molecular flexibility index (Phi) is 6.53. The van der Waals surface area contributed by atoms with Crippen LogP contribution in [0.3, 0.4) is 0 Å². The molecule has 0 aromatic heterocycles. The highest BCUT2D eigenvalue weighted by Crippen LogP contribution is 2.53. The summed E-state index contributed by atoms with van der Waals surface area (Å²) in [7, 11) is 0. The van der Waals surface area contributed by atoms with Crippen molar-refractivity contribution in [2.24, 2.45) is 17.3 Å². The number of aliphatic hydroxyl groups excluding tert-OH is 4. The molecular weight excluding hydrogens is 380 g/mol. The lowest BCUT2D eigenvalue weighted by atomic mass is 9.59. The van der Waals surface area contributed by atoms with E-state index in [1.54, 1.807) is 0 Å². The summed E-state index contributed by atoms with van der Waals surface area (Å²) in [5.74, 6) is -0.948. The van der Waals surface area contributed by atoms with Crippen LogP contribution in [0.4, 0.5) is 0 Å². The molecule has 1 saturated heterocycles. The van der Waals surface area contributed by atoms with Gasteiger partial charge in [-0.05, 0) is 31.6 Å². The number of hydrogen-bond donors (Lipinski definition) is 5. The lowest BCUT2D eigenvalue weighted by Crippen LogP contribution is -2.60. The molecule has 3 aliphatic rings. The monoisotopic (exact) mass is 412 g/mol. The van der Waals surface area contributed by atoms with Gasteiger partial charge in [0, 0.05) is 16.9 Å². The molecule has 0 aromatic carbocycles. The minimum Gasteiger partial charge on any atom is -0.478 e. The van der Waals surface area contributed by atoms with Crippen LogP contribution in [-0.4, -0.2) is 74.9 Å². The third kappa shape index (κ3) is 4.02. The number of allylic oxidation sites excluding steroid dienone is 1. The van der Waals surface area contributed by atoms with Crippen LogP contribution in [0.1, 0.15) is 39.5 Å². The summed E-state index contributed by atoms with van der Waals surface area (Å²) in [5, 5.41) is 49.0. The van der Waals surface area contributed by atoms with Crippen molar-refractivity contribution in [1.29, 1.82) is 0 Å². The first-order valence-corrected chi connectivity index (χ1v) is 10.2. The maximum absolute atomic E-state index is 11.3. The van der Waals surface area contributed by atoms with Crippen molar-refractivity contribution in [2.75, 3.05) is 6.61 Å². The fourth-order valence-electron chi connectivity index (χ4n) is 5.03. The molecule has 164 valence electrons. The van der Waals surface area contributed by atoms with Crippen LogP contribution < -0.4 is 0 Å². The van der Waals surface area contributed by atoms with E-state index in [9.17, 15) is 30.3 Å². The number of aliphatic carboxylic acids is 1. The normalized spacial score (nSPS) is 45.2. The van der Waals surface area contributed by atoms with Gasteiger partial charge in [-0.25, -0.2) is 4.79 Å². The fourth-order valence-corrected chi connectivity index (χ4v) is 5.03. The summed E-state index contributed by atoms with van der Waals surface area (Å²) < 4.78 is 11.7. The molecule has 2 fully saturated rings. The van der Waals surface area contributed by atoms with Gasteiger partial charge in [-0.1, -0.05) is 32.1 Å². The highest BCUT2D eigenvalue weighted by atomic mass is 16.7. The van der Waals surface area contributed by atoms with E-state index in [0.29, 0.717) is 19.3 Å². The van der Waals surface area contributed by atoms with Crippen LogP contribution in [0.2, 0.25) is 0 Å². The number of carbonyl (C=O) groups is 1. The van der Waals surface area contributed by atoms with Crippen molar-refractivity contribution >= 4 is 5.97 Å². The highest BCUT2D eigenvalue weighted by Gasteiger charge is 2.50. The van der Waals surface area contributed by atoms with Crippen LogP contribution in [-0.2, 0) is 14.3 Å². The third-order valence-corrected chi connectivity index (χ3v) is 6.99. The second-order valence-corrected chi connectivity index (χ2v) is 8.82. The van der Waals surface area contributed by atoms with Gasteiger partial charge in [0.15, 0.2) is 6.29 Å². The first-order valence-electron chi connectivity index (χ1n) is 10.2. The smallest absolute Gasteiger partial charge is 0.331 e. The first-order chi connectivity index (χ1) is 13.6. The predicted octanol–water partition coefficient (Wildman–Crippen LogP) is 0.585. The van der Waals surface area contributed by atoms with Crippen molar-refractivity contribution in [1.82, 2.24) is 0 Å². The second-order valence-electron chi connectivity index (χ2n) is 8.82. The van der Waals surface area contributed by atoms with E-state index in [4.69, 9.17) is 9.47 Å². The Morgan fingerprint density at radius 3 is 2.55 bits per heavy atom. The van der Waals surface area contributed by atoms with Crippen LogP contribution in [0, 0.1) is 17.3 Å². The summed E-state index contributed by atoms with van der Waals surface area (Å²) in [4.78, 5) is 11.3. The number of fused-ring (bicyclic) bond motifs is 1. The molecule has 8 nitrogen and oxygen atoms in total. The van der Waals surface area contributed by atoms with Gasteiger partial charge in [0.1, 0.15) is 24.4 Å². The first kappa shape index (κ1) is 22.4. The van der Waals surface area contributed by atoms with E-state index in [1.807, 2.05) is 6.08 Å². The average molecular weight is 412 g/mol. The van der Waals surface area contributed by atoms with Gasteiger partial charge < -0.3 is 35.0 Å². The molecule has 0 bridgehead atoms. The summed E-state index contributed by atoms with van der Waals surface area (Å²) in [6, 6.07) is 0. The third-order valence-electron chi connectivity index (χ3n) is 6.99. The molecule has 29 heavy (non-hydrogen) atoms. The van der Waals surface area contributed by atoms with Crippen LogP contribution in [0.25, 0.3) is 0 Å². The van der Waals surface area contributed by atoms with Crippen LogP contribution in [0.5, 0.6) is 0 Å². The van der Waals surface area contributed by atoms with Crippen LogP contribution >= 0.6 is 0 Å².